The number of rotatable bonds is 3. The molecule has 1 aliphatic carbocycles. The summed E-state index contributed by atoms with van der Waals surface area (Å²) in [6, 6.07) is 6.69. The SMILES string of the molecule is Cc1cc(C)cc(-n2nc(C(C)O)nc2C2CCC(N)CC2)c1.Cl. The Kier molecular flexibility index (Phi) is 6.01. The first kappa shape index (κ1) is 18.9. The Balaban J connectivity index is 0.00000208. The van der Waals surface area contributed by atoms with Crippen LogP contribution in [0.2, 0.25) is 0 Å². The van der Waals surface area contributed by atoms with Crippen LogP contribution in [0, 0.1) is 13.8 Å². The second kappa shape index (κ2) is 7.64. The van der Waals surface area contributed by atoms with Crippen LogP contribution in [0.1, 0.15) is 67.4 Å². The summed E-state index contributed by atoms with van der Waals surface area (Å²) in [5, 5.41) is 14.5. The van der Waals surface area contributed by atoms with Gasteiger partial charge in [-0.2, -0.15) is 0 Å². The van der Waals surface area contributed by atoms with Gasteiger partial charge < -0.3 is 10.8 Å². The third kappa shape index (κ3) is 3.97. The Morgan fingerprint density at radius 1 is 1.12 bits per heavy atom. The molecule has 3 N–H and O–H groups in total. The molecule has 24 heavy (non-hydrogen) atoms. The van der Waals surface area contributed by atoms with E-state index in [0.29, 0.717) is 17.8 Å². The number of hydrogen-bond donors (Lipinski definition) is 2. The molecule has 1 aliphatic rings. The molecule has 3 rings (SSSR count). The summed E-state index contributed by atoms with van der Waals surface area (Å²) in [7, 11) is 0. The highest BCUT2D eigenvalue weighted by molar-refractivity contribution is 5.85. The van der Waals surface area contributed by atoms with Crippen molar-refractivity contribution in [2.75, 3.05) is 0 Å². The van der Waals surface area contributed by atoms with Crippen molar-refractivity contribution in [2.45, 2.75) is 64.5 Å². The summed E-state index contributed by atoms with van der Waals surface area (Å²) in [6.07, 6.45) is 3.45. The highest BCUT2D eigenvalue weighted by Crippen LogP contribution is 2.33. The van der Waals surface area contributed by atoms with Crippen LogP contribution in [0.3, 0.4) is 0 Å². The summed E-state index contributed by atoms with van der Waals surface area (Å²) < 4.78 is 1.92. The Hall–Kier alpha value is -1.43. The van der Waals surface area contributed by atoms with Crippen molar-refractivity contribution >= 4 is 12.4 Å². The Bertz CT molecular complexity index is 670. The lowest BCUT2D eigenvalue weighted by atomic mass is 9.86. The molecule has 1 aromatic carbocycles. The van der Waals surface area contributed by atoms with E-state index in [9.17, 15) is 5.11 Å². The van der Waals surface area contributed by atoms with E-state index < -0.39 is 6.10 Å². The average molecular weight is 351 g/mol. The molecule has 1 atom stereocenters. The summed E-state index contributed by atoms with van der Waals surface area (Å²) in [5.74, 6) is 1.81. The Morgan fingerprint density at radius 3 is 2.25 bits per heavy atom. The molecule has 1 fully saturated rings. The molecular formula is C18H27ClN4O. The molecule has 0 bridgehead atoms. The molecule has 1 saturated carbocycles. The van der Waals surface area contributed by atoms with Crippen LogP contribution in [0.4, 0.5) is 0 Å². The molecule has 6 heteroatoms. The molecule has 0 spiro atoms. The van der Waals surface area contributed by atoms with E-state index >= 15 is 0 Å². The standard InChI is InChI=1S/C18H26N4O.ClH/c1-11-8-12(2)10-16(9-11)22-18(20-17(21-22)13(3)23)14-4-6-15(19)7-5-14;/h8-10,13-15,23H,4-7,19H2,1-3H3;1H. The number of nitrogens with two attached hydrogens (primary N) is 1. The van der Waals surface area contributed by atoms with Crippen molar-refractivity contribution in [3.05, 3.63) is 41.0 Å². The second-order valence-electron chi connectivity index (χ2n) is 6.87. The lowest BCUT2D eigenvalue weighted by molar-refractivity contribution is 0.189. The zero-order valence-electron chi connectivity index (χ0n) is 14.6. The third-order valence-electron chi connectivity index (χ3n) is 4.61. The van der Waals surface area contributed by atoms with Gasteiger partial charge in [0.2, 0.25) is 0 Å². The third-order valence-corrected chi connectivity index (χ3v) is 4.61. The van der Waals surface area contributed by atoms with Gasteiger partial charge in [0.15, 0.2) is 5.82 Å². The van der Waals surface area contributed by atoms with E-state index in [1.165, 1.54) is 11.1 Å². The van der Waals surface area contributed by atoms with E-state index in [-0.39, 0.29) is 12.4 Å². The van der Waals surface area contributed by atoms with E-state index in [4.69, 9.17) is 5.73 Å². The maximum absolute atomic E-state index is 9.90. The van der Waals surface area contributed by atoms with E-state index in [0.717, 1.165) is 37.2 Å². The normalized spacial score (nSPS) is 22.0. The van der Waals surface area contributed by atoms with Gasteiger partial charge in [0.25, 0.3) is 0 Å². The minimum Gasteiger partial charge on any atom is -0.385 e. The van der Waals surface area contributed by atoms with E-state index in [1.54, 1.807) is 6.92 Å². The number of aromatic nitrogens is 3. The van der Waals surface area contributed by atoms with Gasteiger partial charge in [-0.1, -0.05) is 6.07 Å². The maximum atomic E-state index is 9.90. The molecule has 0 aliphatic heterocycles. The monoisotopic (exact) mass is 350 g/mol. The number of aliphatic hydroxyl groups is 1. The molecule has 1 unspecified atom stereocenters. The van der Waals surface area contributed by atoms with Crippen molar-refractivity contribution < 1.29 is 5.11 Å². The van der Waals surface area contributed by atoms with Crippen LogP contribution < -0.4 is 5.73 Å². The Labute approximate surface area is 149 Å². The fourth-order valence-electron chi connectivity index (χ4n) is 3.42. The first-order chi connectivity index (χ1) is 10.9. The van der Waals surface area contributed by atoms with Crippen LogP contribution in [0.25, 0.3) is 5.69 Å². The van der Waals surface area contributed by atoms with Gasteiger partial charge in [-0.05, 0) is 69.7 Å². The number of hydrogen-bond acceptors (Lipinski definition) is 4. The van der Waals surface area contributed by atoms with Gasteiger partial charge in [0.1, 0.15) is 11.9 Å². The van der Waals surface area contributed by atoms with Crippen LogP contribution in [0.15, 0.2) is 18.2 Å². The first-order valence-electron chi connectivity index (χ1n) is 8.43. The van der Waals surface area contributed by atoms with Crippen molar-refractivity contribution in [2.24, 2.45) is 5.73 Å². The van der Waals surface area contributed by atoms with Crippen molar-refractivity contribution in [3.63, 3.8) is 0 Å². The summed E-state index contributed by atoms with van der Waals surface area (Å²) >= 11 is 0. The van der Waals surface area contributed by atoms with Crippen LogP contribution in [0.5, 0.6) is 0 Å². The summed E-state index contributed by atoms with van der Waals surface area (Å²) in [6.45, 7) is 5.88. The highest BCUT2D eigenvalue weighted by Gasteiger charge is 2.26. The summed E-state index contributed by atoms with van der Waals surface area (Å²) in [5.41, 5.74) is 9.45. The molecule has 0 saturated heterocycles. The smallest absolute Gasteiger partial charge is 0.179 e. The predicted molar refractivity (Wildman–Crippen MR) is 97.9 cm³/mol. The zero-order valence-corrected chi connectivity index (χ0v) is 15.4. The van der Waals surface area contributed by atoms with E-state index in [1.807, 2.05) is 4.68 Å². The van der Waals surface area contributed by atoms with Gasteiger partial charge in [-0.3, -0.25) is 0 Å². The van der Waals surface area contributed by atoms with Crippen LogP contribution >= 0.6 is 12.4 Å². The summed E-state index contributed by atoms with van der Waals surface area (Å²) in [4.78, 5) is 4.66. The predicted octanol–water partition coefficient (Wildman–Crippen LogP) is 3.34. The molecular weight excluding hydrogens is 324 g/mol. The van der Waals surface area contributed by atoms with Crippen LogP contribution in [-0.4, -0.2) is 25.9 Å². The molecule has 2 aromatic rings. The molecule has 1 heterocycles. The zero-order chi connectivity index (χ0) is 16.6. The van der Waals surface area contributed by atoms with Crippen molar-refractivity contribution in [1.29, 1.82) is 0 Å². The minimum absolute atomic E-state index is 0. The van der Waals surface area contributed by atoms with Gasteiger partial charge in [0, 0.05) is 12.0 Å². The second-order valence-corrected chi connectivity index (χ2v) is 6.87. The van der Waals surface area contributed by atoms with Gasteiger partial charge >= 0.3 is 0 Å². The molecule has 0 amide bonds. The number of benzene rings is 1. The Morgan fingerprint density at radius 2 is 1.71 bits per heavy atom. The fraction of sp³-hybridized carbons (Fsp3) is 0.556. The fourth-order valence-corrected chi connectivity index (χ4v) is 3.42. The molecule has 132 valence electrons. The quantitative estimate of drug-likeness (QED) is 0.890. The lowest BCUT2D eigenvalue weighted by Gasteiger charge is -2.25. The van der Waals surface area contributed by atoms with Crippen molar-refractivity contribution in [3.8, 4) is 5.69 Å². The van der Waals surface area contributed by atoms with Gasteiger partial charge in [-0.15, -0.1) is 17.5 Å². The van der Waals surface area contributed by atoms with Crippen LogP contribution in [-0.2, 0) is 0 Å². The number of aliphatic hydroxyl groups excluding tert-OH is 1. The average Bonchev–Trinajstić information content (AvgIpc) is 2.92. The van der Waals surface area contributed by atoms with E-state index in [2.05, 4.69) is 42.1 Å². The molecule has 1 aromatic heterocycles. The minimum atomic E-state index is -0.660. The number of aryl methyl sites for hydroxylation is 2. The highest BCUT2D eigenvalue weighted by atomic mass is 35.5. The van der Waals surface area contributed by atoms with Crippen molar-refractivity contribution in [1.82, 2.24) is 14.8 Å². The number of nitrogens with zero attached hydrogens (tertiary/aromatic N) is 3. The molecule has 5 nitrogen and oxygen atoms in total. The number of halogens is 1. The van der Waals surface area contributed by atoms with Gasteiger partial charge in [0.05, 0.1) is 5.69 Å². The topological polar surface area (TPSA) is 77.0 Å². The first-order valence-corrected chi connectivity index (χ1v) is 8.43. The van der Waals surface area contributed by atoms with Gasteiger partial charge in [-0.25, -0.2) is 9.67 Å². The molecule has 0 radical (unpaired) electrons. The largest absolute Gasteiger partial charge is 0.385 e. The maximum Gasteiger partial charge on any atom is 0.179 e. The lowest BCUT2D eigenvalue weighted by Crippen LogP contribution is -2.26.